The molecule has 0 radical (unpaired) electrons. The molecule has 2 rings (SSSR count). The standard InChI is InChI=1S/C18H25N5O3S/c1-3-20-18(22-13-15-6-8-16(26-2)9-7-15)21-11-12-23-27(24,25)17-5-4-10-19-14-17/h4-10,14,23H,3,11-13H2,1-2H3,(H2,20,21,22). The summed E-state index contributed by atoms with van der Waals surface area (Å²) in [5, 5.41) is 6.24. The number of guanidine groups is 1. The number of methoxy groups -OCH3 is 1. The van der Waals surface area contributed by atoms with Crippen LogP contribution in [-0.2, 0) is 16.6 Å². The monoisotopic (exact) mass is 391 g/mol. The van der Waals surface area contributed by atoms with E-state index in [4.69, 9.17) is 4.74 Å². The van der Waals surface area contributed by atoms with E-state index < -0.39 is 10.0 Å². The van der Waals surface area contributed by atoms with Crippen molar-refractivity contribution in [3.8, 4) is 5.75 Å². The second kappa shape index (κ2) is 10.5. The third kappa shape index (κ3) is 6.87. The first-order valence-electron chi connectivity index (χ1n) is 8.60. The van der Waals surface area contributed by atoms with E-state index in [0.29, 0.717) is 25.6 Å². The van der Waals surface area contributed by atoms with Crippen molar-refractivity contribution in [2.75, 3.05) is 26.7 Å². The zero-order chi connectivity index (χ0) is 19.5. The van der Waals surface area contributed by atoms with Gasteiger partial charge in [-0.2, -0.15) is 0 Å². The fraction of sp³-hybridized carbons (Fsp3) is 0.333. The number of aliphatic imine (C=N–C) groups is 1. The number of ether oxygens (including phenoxy) is 1. The molecule has 0 spiro atoms. The van der Waals surface area contributed by atoms with E-state index in [1.165, 1.54) is 18.5 Å². The molecule has 0 fully saturated rings. The van der Waals surface area contributed by atoms with Crippen LogP contribution >= 0.6 is 0 Å². The number of nitrogens with one attached hydrogen (secondary N) is 3. The molecule has 0 bridgehead atoms. The molecule has 27 heavy (non-hydrogen) atoms. The van der Waals surface area contributed by atoms with Gasteiger partial charge in [-0.15, -0.1) is 0 Å². The largest absolute Gasteiger partial charge is 0.497 e. The maximum Gasteiger partial charge on any atom is 0.242 e. The summed E-state index contributed by atoms with van der Waals surface area (Å²) in [6, 6.07) is 10.8. The molecule has 8 nitrogen and oxygen atoms in total. The van der Waals surface area contributed by atoms with Crippen molar-refractivity contribution < 1.29 is 13.2 Å². The van der Waals surface area contributed by atoms with Gasteiger partial charge in [0.15, 0.2) is 5.96 Å². The Hall–Kier alpha value is -2.65. The van der Waals surface area contributed by atoms with Gasteiger partial charge < -0.3 is 15.4 Å². The van der Waals surface area contributed by atoms with Gasteiger partial charge in [-0.25, -0.2) is 18.1 Å². The average molecular weight is 391 g/mol. The molecular formula is C18H25N5O3S. The maximum atomic E-state index is 12.1. The van der Waals surface area contributed by atoms with Gasteiger partial charge in [0.1, 0.15) is 10.6 Å². The van der Waals surface area contributed by atoms with Crippen molar-refractivity contribution in [3.05, 3.63) is 54.4 Å². The number of aromatic nitrogens is 1. The van der Waals surface area contributed by atoms with Gasteiger partial charge in [-0.1, -0.05) is 12.1 Å². The quantitative estimate of drug-likeness (QED) is 0.336. The molecule has 9 heteroatoms. The average Bonchev–Trinajstić information content (AvgIpc) is 2.70. The molecule has 0 saturated carbocycles. The summed E-state index contributed by atoms with van der Waals surface area (Å²) in [7, 11) is -1.93. The first-order valence-corrected chi connectivity index (χ1v) is 10.1. The minimum absolute atomic E-state index is 0.144. The molecular weight excluding hydrogens is 366 g/mol. The predicted octanol–water partition coefficient (Wildman–Crippen LogP) is 1.12. The number of benzene rings is 1. The van der Waals surface area contributed by atoms with Gasteiger partial charge in [0.05, 0.1) is 13.7 Å². The summed E-state index contributed by atoms with van der Waals surface area (Å²) in [6.07, 6.45) is 2.85. The molecule has 0 aliphatic carbocycles. The second-order valence-corrected chi connectivity index (χ2v) is 7.32. The van der Waals surface area contributed by atoms with E-state index in [2.05, 4.69) is 25.3 Å². The third-order valence-corrected chi connectivity index (χ3v) is 5.02. The molecule has 0 aliphatic heterocycles. The Morgan fingerprint density at radius 1 is 1.15 bits per heavy atom. The van der Waals surface area contributed by atoms with Crippen LogP contribution in [0.15, 0.2) is 58.7 Å². The van der Waals surface area contributed by atoms with Crippen LogP contribution in [0.25, 0.3) is 0 Å². The Labute approximate surface area is 160 Å². The zero-order valence-electron chi connectivity index (χ0n) is 15.5. The minimum atomic E-state index is -3.56. The molecule has 2 aromatic rings. The lowest BCUT2D eigenvalue weighted by Gasteiger charge is -2.12. The summed E-state index contributed by atoms with van der Waals surface area (Å²) < 4.78 is 31.9. The second-order valence-electron chi connectivity index (χ2n) is 5.56. The zero-order valence-corrected chi connectivity index (χ0v) is 16.3. The fourth-order valence-electron chi connectivity index (χ4n) is 2.20. The SMILES string of the molecule is CCNC(=NCc1ccc(OC)cc1)NCCNS(=O)(=O)c1cccnc1. The van der Waals surface area contributed by atoms with E-state index >= 15 is 0 Å². The Morgan fingerprint density at radius 2 is 1.93 bits per heavy atom. The van der Waals surface area contributed by atoms with E-state index in [0.717, 1.165) is 11.3 Å². The first kappa shape index (κ1) is 20.7. The Bertz CT molecular complexity index is 824. The van der Waals surface area contributed by atoms with Crippen LogP contribution in [-0.4, -0.2) is 46.1 Å². The van der Waals surface area contributed by atoms with Crippen molar-refractivity contribution >= 4 is 16.0 Å². The lowest BCUT2D eigenvalue weighted by molar-refractivity contribution is 0.414. The van der Waals surface area contributed by atoms with Crippen LogP contribution < -0.4 is 20.1 Å². The van der Waals surface area contributed by atoms with Crippen LogP contribution in [0.2, 0.25) is 0 Å². The van der Waals surface area contributed by atoms with Crippen molar-refractivity contribution in [3.63, 3.8) is 0 Å². The van der Waals surface area contributed by atoms with Crippen molar-refractivity contribution in [2.24, 2.45) is 4.99 Å². The molecule has 146 valence electrons. The highest BCUT2D eigenvalue weighted by molar-refractivity contribution is 7.89. The molecule has 1 aromatic carbocycles. The van der Waals surface area contributed by atoms with Crippen LogP contribution in [0.1, 0.15) is 12.5 Å². The van der Waals surface area contributed by atoms with Crippen molar-refractivity contribution in [2.45, 2.75) is 18.4 Å². The van der Waals surface area contributed by atoms with Crippen LogP contribution in [0.3, 0.4) is 0 Å². The first-order chi connectivity index (χ1) is 13.0. The van der Waals surface area contributed by atoms with Crippen LogP contribution in [0, 0.1) is 0 Å². The summed E-state index contributed by atoms with van der Waals surface area (Å²) in [5.74, 6) is 1.42. The highest BCUT2D eigenvalue weighted by Gasteiger charge is 2.12. The lowest BCUT2D eigenvalue weighted by atomic mass is 10.2. The predicted molar refractivity (Wildman–Crippen MR) is 105 cm³/mol. The van der Waals surface area contributed by atoms with Gasteiger partial charge in [0.2, 0.25) is 10.0 Å². The topological polar surface area (TPSA) is 105 Å². The number of sulfonamides is 1. The lowest BCUT2D eigenvalue weighted by Crippen LogP contribution is -2.41. The number of pyridine rings is 1. The highest BCUT2D eigenvalue weighted by atomic mass is 32.2. The molecule has 0 amide bonds. The van der Waals surface area contributed by atoms with Crippen molar-refractivity contribution in [1.82, 2.24) is 20.3 Å². The number of rotatable bonds is 9. The Morgan fingerprint density at radius 3 is 2.56 bits per heavy atom. The van der Waals surface area contributed by atoms with Gasteiger partial charge in [-0.05, 0) is 36.8 Å². The van der Waals surface area contributed by atoms with Gasteiger partial charge in [-0.3, -0.25) is 4.98 Å². The van der Waals surface area contributed by atoms with Gasteiger partial charge in [0, 0.05) is 32.0 Å². The number of hydrogen-bond donors (Lipinski definition) is 3. The molecule has 0 atom stereocenters. The summed E-state index contributed by atoms with van der Waals surface area (Å²) >= 11 is 0. The normalized spacial score (nSPS) is 11.9. The van der Waals surface area contributed by atoms with E-state index in [1.54, 1.807) is 13.2 Å². The van der Waals surface area contributed by atoms with Gasteiger partial charge >= 0.3 is 0 Å². The molecule has 1 heterocycles. The number of nitrogens with zero attached hydrogens (tertiary/aromatic N) is 2. The molecule has 0 saturated heterocycles. The maximum absolute atomic E-state index is 12.1. The minimum Gasteiger partial charge on any atom is -0.497 e. The summed E-state index contributed by atoms with van der Waals surface area (Å²) in [6.45, 7) is 3.80. The fourth-order valence-corrected chi connectivity index (χ4v) is 3.19. The Balaban J connectivity index is 1.84. The number of hydrogen-bond acceptors (Lipinski definition) is 5. The summed E-state index contributed by atoms with van der Waals surface area (Å²) in [4.78, 5) is 8.47. The third-order valence-electron chi connectivity index (χ3n) is 3.58. The highest BCUT2D eigenvalue weighted by Crippen LogP contribution is 2.11. The molecule has 3 N–H and O–H groups in total. The smallest absolute Gasteiger partial charge is 0.242 e. The van der Waals surface area contributed by atoms with Crippen LogP contribution in [0.4, 0.5) is 0 Å². The summed E-state index contributed by atoms with van der Waals surface area (Å²) in [5.41, 5.74) is 1.05. The van der Waals surface area contributed by atoms with E-state index in [-0.39, 0.29) is 11.4 Å². The molecule has 0 aliphatic rings. The van der Waals surface area contributed by atoms with Gasteiger partial charge in [0.25, 0.3) is 0 Å². The molecule has 1 aromatic heterocycles. The molecule has 0 unspecified atom stereocenters. The van der Waals surface area contributed by atoms with Crippen LogP contribution in [0.5, 0.6) is 5.75 Å². The van der Waals surface area contributed by atoms with Crippen molar-refractivity contribution in [1.29, 1.82) is 0 Å². The van der Waals surface area contributed by atoms with E-state index in [9.17, 15) is 8.42 Å². The van der Waals surface area contributed by atoms with E-state index in [1.807, 2.05) is 31.2 Å². The Kier molecular flexibility index (Phi) is 8.02.